The van der Waals surface area contributed by atoms with Crippen LogP contribution in [0.3, 0.4) is 0 Å². The molecule has 0 amide bonds. The molecular formula is C6H10S. The Morgan fingerprint density at radius 1 is 1.57 bits per heavy atom. The molecule has 1 heteroatoms. The molecule has 7 heavy (non-hydrogen) atoms. The van der Waals surface area contributed by atoms with Crippen molar-refractivity contribution in [3.05, 3.63) is 0 Å². The van der Waals surface area contributed by atoms with Gasteiger partial charge in [-0.15, -0.1) is 12.3 Å². The monoisotopic (exact) mass is 114 g/mol. The fourth-order valence-corrected chi connectivity index (χ4v) is 0.225. The van der Waals surface area contributed by atoms with Crippen LogP contribution in [-0.4, -0.2) is 5.25 Å². The van der Waals surface area contributed by atoms with Gasteiger partial charge in [-0.1, -0.05) is 13.8 Å². The average Bonchev–Trinajstić information content (AvgIpc) is 1.65. The fourth-order valence-electron chi connectivity index (χ4n) is 0.139. The van der Waals surface area contributed by atoms with Crippen molar-refractivity contribution in [2.24, 2.45) is 5.92 Å². The molecule has 0 aromatic heterocycles. The van der Waals surface area contributed by atoms with E-state index in [0.717, 1.165) is 0 Å². The van der Waals surface area contributed by atoms with E-state index in [9.17, 15) is 0 Å². The third-order valence-electron chi connectivity index (χ3n) is 0.986. The number of hydrogen-bond donors (Lipinski definition) is 1. The standard InChI is InChI=1S/C6H10S/c1-4-5(2)6(3)7/h1,5-7H,2-3H3. The van der Waals surface area contributed by atoms with Crippen LogP contribution in [0, 0.1) is 18.3 Å². The van der Waals surface area contributed by atoms with Crippen molar-refractivity contribution in [3.63, 3.8) is 0 Å². The Morgan fingerprint density at radius 2 is 2.00 bits per heavy atom. The van der Waals surface area contributed by atoms with Crippen molar-refractivity contribution in [1.29, 1.82) is 0 Å². The lowest BCUT2D eigenvalue weighted by Gasteiger charge is -2.04. The van der Waals surface area contributed by atoms with Crippen molar-refractivity contribution in [2.45, 2.75) is 19.1 Å². The minimum absolute atomic E-state index is 0.295. The lowest BCUT2D eigenvalue weighted by atomic mass is 10.1. The largest absolute Gasteiger partial charge is 0.175 e. The molecule has 0 saturated carbocycles. The molecule has 2 unspecified atom stereocenters. The van der Waals surface area contributed by atoms with E-state index >= 15 is 0 Å². The van der Waals surface area contributed by atoms with Gasteiger partial charge in [-0.25, -0.2) is 0 Å². The smallest absolute Gasteiger partial charge is 0.0285 e. The van der Waals surface area contributed by atoms with Gasteiger partial charge < -0.3 is 0 Å². The average molecular weight is 114 g/mol. The van der Waals surface area contributed by atoms with Gasteiger partial charge in [0, 0.05) is 11.2 Å². The summed E-state index contributed by atoms with van der Waals surface area (Å²) >= 11 is 4.13. The summed E-state index contributed by atoms with van der Waals surface area (Å²) in [7, 11) is 0. The molecule has 40 valence electrons. The molecule has 0 aromatic carbocycles. The Bertz CT molecular complexity index is 78.7. The minimum Gasteiger partial charge on any atom is -0.175 e. The Hall–Kier alpha value is -0.0900. The molecule has 0 heterocycles. The SMILES string of the molecule is C#CC(C)C(C)S. The number of hydrogen-bond acceptors (Lipinski definition) is 1. The van der Waals surface area contributed by atoms with E-state index in [1.807, 2.05) is 13.8 Å². The first-order chi connectivity index (χ1) is 3.18. The van der Waals surface area contributed by atoms with Gasteiger partial charge in [0.05, 0.1) is 0 Å². The van der Waals surface area contributed by atoms with E-state index in [1.165, 1.54) is 0 Å². The van der Waals surface area contributed by atoms with Crippen molar-refractivity contribution < 1.29 is 0 Å². The Kier molecular flexibility index (Phi) is 2.95. The molecule has 2 atom stereocenters. The molecule has 0 aliphatic carbocycles. The van der Waals surface area contributed by atoms with Gasteiger partial charge in [0.2, 0.25) is 0 Å². The van der Waals surface area contributed by atoms with Gasteiger partial charge in [0.15, 0.2) is 0 Å². The molecule has 0 saturated heterocycles. The maximum atomic E-state index is 5.07. The van der Waals surface area contributed by atoms with Gasteiger partial charge in [0.25, 0.3) is 0 Å². The lowest BCUT2D eigenvalue weighted by Crippen LogP contribution is -2.02. The van der Waals surface area contributed by atoms with Crippen LogP contribution < -0.4 is 0 Å². The first-order valence-electron chi connectivity index (χ1n) is 2.32. The van der Waals surface area contributed by atoms with Crippen molar-refractivity contribution >= 4 is 12.6 Å². The number of rotatable bonds is 1. The third-order valence-corrected chi connectivity index (χ3v) is 1.43. The normalized spacial score (nSPS) is 17.4. The van der Waals surface area contributed by atoms with Crippen molar-refractivity contribution in [2.75, 3.05) is 0 Å². The first kappa shape index (κ1) is 6.91. The van der Waals surface area contributed by atoms with Crippen LogP contribution in [0.1, 0.15) is 13.8 Å². The Labute approximate surface area is 50.7 Å². The summed E-state index contributed by atoms with van der Waals surface area (Å²) in [6, 6.07) is 0. The van der Waals surface area contributed by atoms with E-state index in [0.29, 0.717) is 11.2 Å². The molecule has 0 radical (unpaired) electrons. The summed E-state index contributed by atoms with van der Waals surface area (Å²) in [5, 5.41) is 0.324. The summed E-state index contributed by atoms with van der Waals surface area (Å²) in [5.74, 6) is 2.88. The second kappa shape index (κ2) is 2.98. The molecule has 0 nitrogen and oxygen atoms in total. The van der Waals surface area contributed by atoms with E-state index in [1.54, 1.807) is 0 Å². The quantitative estimate of drug-likeness (QED) is 0.388. The van der Waals surface area contributed by atoms with Crippen LogP contribution in [0.2, 0.25) is 0 Å². The molecule has 0 bridgehead atoms. The molecule has 0 spiro atoms. The second-order valence-electron chi connectivity index (χ2n) is 1.70. The topological polar surface area (TPSA) is 0 Å². The van der Waals surface area contributed by atoms with Gasteiger partial charge in [-0.2, -0.15) is 12.6 Å². The zero-order valence-electron chi connectivity index (χ0n) is 4.68. The van der Waals surface area contributed by atoms with Crippen LogP contribution in [-0.2, 0) is 0 Å². The first-order valence-corrected chi connectivity index (χ1v) is 2.84. The highest BCUT2D eigenvalue weighted by Gasteiger charge is 2.00. The Morgan fingerprint density at radius 3 is 2.00 bits per heavy atom. The summed E-state index contributed by atoms with van der Waals surface area (Å²) < 4.78 is 0. The fraction of sp³-hybridized carbons (Fsp3) is 0.667. The van der Waals surface area contributed by atoms with E-state index in [4.69, 9.17) is 6.42 Å². The zero-order chi connectivity index (χ0) is 5.86. The van der Waals surface area contributed by atoms with Crippen molar-refractivity contribution in [3.8, 4) is 12.3 Å². The molecule has 0 rings (SSSR count). The van der Waals surface area contributed by atoms with Gasteiger partial charge in [0.1, 0.15) is 0 Å². The molecule has 0 fully saturated rings. The molecule has 0 aliphatic rings. The highest BCUT2D eigenvalue weighted by atomic mass is 32.1. The van der Waals surface area contributed by atoms with Gasteiger partial charge in [-0.3, -0.25) is 0 Å². The predicted molar refractivity (Wildman–Crippen MR) is 36.4 cm³/mol. The highest BCUT2D eigenvalue weighted by Crippen LogP contribution is 2.05. The third kappa shape index (κ3) is 2.59. The number of terminal acetylenes is 1. The maximum absolute atomic E-state index is 5.07. The van der Waals surface area contributed by atoms with Gasteiger partial charge in [-0.05, 0) is 0 Å². The molecule has 0 aliphatic heterocycles. The zero-order valence-corrected chi connectivity index (χ0v) is 5.57. The summed E-state index contributed by atoms with van der Waals surface area (Å²) in [5.41, 5.74) is 0. The lowest BCUT2D eigenvalue weighted by molar-refractivity contribution is 0.747. The Balaban J connectivity index is 3.40. The van der Waals surface area contributed by atoms with Crippen LogP contribution in [0.4, 0.5) is 0 Å². The summed E-state index contributed by atoms with van der Waals surface area (Å²) in [4.78, 5) is 0. The van der Waals surface area contributed by atoms with Crippen LogP contribution in [0.15, 0.2) is 0 Å². The van der Waals surface area contributed by atoms with E-state index < -0.39 is 0 Å². The van der Waals surface area contributed by atoms with E-state index in [2.05, 4.69) is 18.5 Å². The second-order valence-corrected chi connectivity index (χ2v) is 2.51. The maximum Gasteiger partial charge on any atom is 0.0285 e. The van der Waals surface area contributed by atoms with Gasteiger partial charge >= 0.3 is 0 Å². The molecular weight excluding hydrogens is 104 g/mol. The molecule has 0 N–H and O–H groups in total. The predicted octanol–water partition coefficient (Wildman–Crippen LogP) is 1.57. The van der Waals surface area contributed by atoms with E-state index in [-0.39, 0.29) is 0 Å². The summed E-state index contributed by atoms with van der Waals surface area (Å²) in [6.45, 7) is 3.98. The van der Waals surface area contributed by atoms with Crippen LogP contribution in [0.25, 0.3) is 0 Å². The van der Waals surface area contributed by atoms with Crippen molar-refractivity contribution in [1.82, 2.24) is 0 Å². The number of thiol groups is 1. The van der Waals surface area contributed by atoms with Crippen LogP contribution in [0.5, 0.6) is 0 Å². The minimum atomic E-state index is 0.295. The summed E-state index contributed by atoms with van der Waals surface area (Å²) in [6.07, 6.45) is 5.07. The molecule has 0 aromatic rings. The van der Waals surface area contributed by atoms with Crippen LogP contribution >= 0.6 is 12.6 Å². The highest BCUT2D eigenvalue weighted by molar-refractivity contribution is 7.80.